The molecule has 0 aliphatic heterocycles. The zero-order valence-electron chi connectivity index (χ0n) is 10.6. The van der Waals surface area contributed by atoms with Crippen molar-refractivity contribution in [3.05, 3.63) is 36.5 Å². The third kappa shape index (κ3) is 4.39. The number of hydrogen-bond acceptors (Lipinski definition) is 4. The van der Waals surface area contributed by atoms with Crippen LogP contribution in [0.5, 0.6) is 0 Å². The Balaban J connectivity index is 2.17. The molecule has 0 radical (unpaired) electrons. The Morgan fingerprint density at radius 2 is 1.81 bits per heavy atom. The van der Waals surface area contributed by atoms with Crippen molar-refractivity contribution in [2.24, 2.45) is 7.05 Å². The topological polar surface area (TPSA) is 64.0 Å². The first-order valence-electron chi connectivity index (χ1n) is 5.54. The van der Waals surface area contributed by atoms with E-state index in [1.54, 1.807) is 13.2 Å². The molecule has 1 heterocycles. The van der Waals surface area contributed by atoms with Crippen molar-refractivity contribution in [1.29, 1.82) is 0 Å². The molecule has 5 nitrogen and oxygen atoms in total. The van der Waals surface area contributed by atoms with Crippen LogP contribution < -0.4 is 4.72 Å². The minimum atomic E-state index is -4.41. The Morgan fingerprint density at radius 3 is 2.29 bits per heavy atom. The lowest BCUT2D eigenvalue weighted by Gasteiger charge is -2.08. The van der Waals surface area contributed by atoms with Crippen LogP contribution in [0.3, 0.4) is 0 Å². The molecule has 0 unspecified atom stereocenters. The summed E-state index contributed by atoms with van der Waals surface area (Å²) in [6.07, 6.45) is 1.56. The van der Waals surface area contributed by atoms with Crippen LogP contribution in [0, 0.1) is 0 Å². The van der Waals surface area contributed by atoms with E-state index in [1.807, 2.05) is 0 Å². The molecule has 0 saturated carbocycles. The summed E-state index contributed by atoms with van der Waals surface area (Å²) in [4.78, 5) is -0.223. The third-order valence-electron chi connectivity index (χ3n) is 2.32. The lowest BCUT2D eigenvalue weighted by molar-refractivity contribution is -0.0328. The van der Waals surface area contributed by atoms with Gasteiger partial charge in [-0.2, -0.15) is 18.3 Å². The van der Waals surface area contributed by atoms with Crippen LogP contribution in [-0.4, -0.2) is 23.7 Å². The summed E-state index contributed by atoms with van der Waals surface area (Å²) in [5, 5.41) is 3.86. The lowest BCUT2D eigenvalue weighted by Crippen LogP contribution is -2.13. The standard InChI is InChI=1S/C11H10F3N3O2S2/c1-17-7-6-10(15-17)16-21(18,19)9-4-2-8(3-5-9)20-11(12,13)14/h2-7H,1H3,(H,15,16). The minimum Gasteiger partial charge on any atom is -0.274 e. The highest BCUT2D eigenvalue weighted by Crippen LogP contribution is 2.37. The first-order chi connectivity index (χ1) is 9.66. The number of nitrogens with one attached hydrogen (secondary N) is 1. The van der Waals surface area contributed by atoms with Crippen molar-refractivity contribution in [3.8, 4) is 0 Å². The summed E-state index contributed by atoms with van der Waals surface area (Å²) in [7, 11) is -2.25. The zero-order valence-corrected chi connectivity index (χ0v) is 12.3. The second-order valence-corrected chi connectivity index (χ2v) is 6.82. The van der Waals surface area contributed by atoms with Gasteiger partial charge in [-0.3, -0.25) is 9.40 Å². The maximum Gasteiger partial charge on any atom is 0.446 e. The molecular weight excluding hydrogens is 327 g/mol. The number of benzene rings is 1. The van der Waals surface area contributed by atoms with Crippen LogP contribution in [0.15, 0.2) is 46.3 Å². The lowest BCUT2D eigenvalue weighted by atomic mass is 10.4. The maximum absolute atomic E-state index is 12.2. The summed E-state index contributed by atoms with van der Waals surface area (Å²) < 4.78 is 64.3. The summed E-state index contributed by atoms with van der Waals surface area (Å²) in [6.45, 7) is 0. The summed E-state index contributed by atoms with van der Waals surface area (Å²) in [5.74, 6) is 0.131. The fourth-order valence-corrected chi connectivity index (χ4v) is 3.02. The van der Waals surface area contributed by atoms with E-state index in [-0.39, 0.29) is 27.4 Å². The quantitative estimate of drug-likeness (QED) is 0.872. The molecule has 0 aliphatic carbocycles. The van der Waals surface area contributed by atoms with Gasteiger partial charge in [-0.1, -0.05) is 0 Å². The molecule has 0 bridgehead atoms. The number of halogens is 3. The number of aromatic nitrogens is 2. The van der Waals surface area contributed by atoms with E-state index in [2.05, 4.69) is 9.82 Å². The first-order valence-corrected chi connectivity index (χ1v) is 7.84. The highest BCUT2D eigenvalue weighted by atomic mass is 32.2. The van der Waals surface area contributed by atoms with Crippen LogP contribution in [0.1, 0.15) is 0 Å². The van der Waals surface area contributed by atoms with Crippen LogP contribution in [0.2, 0.25) is 0 Å². The molecule has 0 fully saturated rings. The monoisotopic (exact) mass is 337 g/mol. The summed E-state index contributed by atoms with van der Waals surface area (Å²) in [5.41, 5.74) is -4.41. The molecule has 0 spiro atoms. The average Bonchev–Trinajstić information content (AvgIpc) is 2.72. The van der Waals surface area contributed by atoms with Crippen LogP contribution in [-0.2, 0) is 17.1 Å². The smallest absolute Gasteiger partial charge is 0.274 e. The van der Waals surface area contributed by atoms with Gasteiger partial charge in [-0.05, 0) is 36.0 Å². The molecule has 1 aromatic carbocycles. The maximum atomic E-state index is 12.2. The molecule has 114 valence electrons. The van der Waals surface area contributed by atoms with Crippen molar-refractivity contribution < 1.29 is 21.6 Å². The fraction of sp³-hybridized carbons (Fsp3) is 0.182. The highest BCUT2D eigenvalue weighted by molar-refractivity contribution is 8.00. The molecule has 2 aromatic rings. The predicted molar refractivity (Wildman–Crippen MR) is 72.4 cm³/mol. The normalized spacial score (nSPS) is 12.4. The van der Waals surface area contributed by atoms with E-state index in [0.29, 0.717) is 0 Å². The van der Waals surface area contributed by atoms with Gasteiger partial charge in [0, 0.05) is 24.2 Å². The fourth-order valence-electron chi connectivity index (χ4n) is 1.49. The van der Waals surface area contributed by atoms with Crippen LogP contribution in [0.25, 0.3) is 0 Å². The van der Waals surface area contributed by atoms with Gasteiger partial charge in [0.2, 0.25) is 0 Å². The van der Waals surface area contributed by atoms with Crippen LogP contribution >= 0.6 is 11.8 Å². The summed E-state index contributed by atoms with van der Waals surface area (Å²) in [6, 6.07) is 5.89. The number of anilines is 1. The van der Waals surface area contributed by atoms with E-state index in [0.717, 1.165) is 24.3 Å². The van der Waals surface area contributed by atoms with Gasteiger partial charge in [-0.15, -0.1) is 0 Å². The van der Waals surface area contributed by atoms with Crippen LogP contribution in [0.4, 0.5) is 19.0 Å². The number of rotatable bonds is 4. The van der Waals surface area contributed by atoms with Gasteiger partial charge in [0.05, 0.1) is 4.90 Å². The SMILES string of the molecule is Cn1ccc(NS(=O)(=O)c2ccc(SC(F)(F)F)cc2)n1. The van der Waals surface area contributed by atoms with Gasteiger partial charge < -0.3 is 0 Å². The van der Waals surface area contributed by atoms with E-state index in [9.17, 15) is 21.6 Å². The van der Waals surface area contributed by atoms with Crippen molar-refractivity contribution in [1.82, 2.24) is 9.78 Å². The highest BCUT2D eigenvalue weighted by Gasteiger charge is 2.29. The largest absolute Gasteiger partial charge is 0.446 e. The molecule has 0 atom stereocenters. The number of thioether (sulfide) groups is 1. The number of nitrogens with zero attached hydrogens (tertiary/aromatic N) is 2. The molecule has 1 N–H and O–H groups in total. The van der Waals surface area contributed by atoms with Gasteiger partial charge in [0.25, 0.3) is 10.0 Å². The van der Waals surface area contributed by atoms with Crippen molar-refractivity contribution >= 4 is 27.6 Å². The zero-order chi connectivity index (χ0) is 15.7. The number of alkyl halides is 3. The van der Waals surface area contributed by atoms with Gasteiger partial charge in [0.1, 0.15) is 0 Å². The molecular formula is C11H10F3N3O2S2. The van der Waals surface area contributed by atoms with Gasteiger partial charge in [-0.25, -0.2) is 8.42 Å². The third-order valence-corrected chi connectivity index (χ3v) is 4.43. The molecule has 0 aliphatic rings. The van der Waals surface area contributed by atoms with Crippen molar-refractivity contribution in [2.45, 2.75) is 15.3 Å². The van der Waals surface area contributed by atoms with Crippen molar-refractivity contribution in [2.75, 3.05) is 4.72 Å². The second-order valence-electron chi connectivity index (χ2n) is 4.00. The van der Waals surface area contributed by atoms with E-state index >= 15 is 0 Å². The minimum absolute atomic E-state index is 0.0840. The van der Waals surface area contributed by atoms with E-state index in [4.69, 9.17) is 0 Å². The Morgan fingerprint density at radius 1 is 1.19 bits per heavy atom. The molecule has 10 heteroatoms. The van der Waals surface area contributed by atoms with E-state index < -0.39 is 15.5 Å². The predicted octanol–water partition coefficient (Wildman–Crippen LogP) is 2.83. The molecule has 21 heavy (non-hydrogen) atoms. The Labute approximate surface area is 123 Å². The Bertz CT molecular complexity index is 724. The average molecular weight is 337 g/mol. The molecule has 0 saturated heterocycles. The summed E-state index contributed by atoms with van der Waals surface area (Å²) >= 11 is -0.304. The first kappa shape index (κ1) is 15.7. The Hall–Kier alpha value is -1.68. The Kier molecular flexibility index (Phi) is 4.19. The van der Waals surface area contributed by atoms with Gasteiger partial charge >= 0.3 is 5.51 Å². The molecule has 1 aromatic heterocycles. The van der Waals surface area contributed by atoms with Crippen molar-refractivity contribution in [3.63, 3.8) is 0 Å². The number of sulfonamides is 1. The van der Waals surface area contributed by atoms with E-state index in [1.165, 1.54) is 10.7 Å². The van der Waals surface area contributed by atoms with Gasteiger partial charge in [0.15, 0.2) is 5.82 Å². The molecule has 0 amide bonds. The molecule has 2 rings (SSSR count). The number of hydrogen-bond donors (Lipinski definition) is 1. The second kappa shape index (κ2) is 5.60. The number of aryl methyl sites for hydroxylation is 1.